The zero-order chi connectivity index (χ0) is 22.0. The van der Waals surface area contributed by atoms with Gasteiger partial charge in [0.05, 0.1) is 25.4 Å². The van der Waals surface area contributed by atoms with Gasteiger partial charge in [0.2, 0.25) is 0 Å². The fraction of sp³-hybridized carbons (Fsp3) is 0.333. The summed E-state index contributed by atoms with van der Waals surface area (Å²) < 4.78 is 10.8. The zero-order valence-electron chi connectivity index (χ0n) is 18.1. The van der Waals surface area contributed by atoms with Crippen LogP contribution < -0.4 is 9.47 Å². The van der Waals surface area contributed by atoms with E-state index in [2.05, 4.69) is 22.0 Å². The van der Waals surface area contributed by atoms with Gasteiger partial charge in [0, 0.05) is 50.2 Å². The van der Waals surface area contributed by atoms with Crippen molar-refractivity contribution in [1.29, 1.82) is 0 Å². The van der Waals surface area contributed by atoms with Crippen molar-refractivity contribution in [2.45, 2.75) is 13.5 Å². The van der Waals surface area contributed by atoms with Crippen LogP contribution in [-0.2, 0) is 11.3 Å². The van der Waals surface area contributed by atoms with E-state index in [1.54, 1.807) is 31.3 Å². The summed E-state index contributed by atoms with van der Waals surface area (Å²) in [6, 6.07) is 13.8. The molecule has 7 nitrogen and oxygen atoms in total. The van der Waals surface area contributed by atoms with Gasteiger partial charge in [-0.15, -0.1) is 0 Å². The molecule has 4 rings (SSSR count). The highest BCUT2D eigenvalue weighted by Crippen LogP contribution is 2.35. The first-order chi connectivity index (χ1) is 15.0. The molecule has 1 N–H and O–H groups in total. The average molecular weight is 421 g/mol. The third kappa shape index (κ3) is 4.14. The Morgan fingerprint density at radius 2 is 1.71 bits per heavy atom. The third-order valence-corrected chi connectivity index (χ3v) is 5.87. The number of piperazine rings is 1. The topological polar surface area (TPSA) is 74.9 Å². The molecule has 1 aliphatic rings. The molecule has 0 bridgehead atoms. The molecule has 1 amide bonds. The van der Waals surface area contributed by atoms with Crippen molar-refractivity contribution in [3.05, 3.63) is 59.3 Å². The lowest BCUT2D eigenvalue weighted by Gasteiger charge is -2.34. The second kappa shape index (κ2) is 8.81. The highest BCUT2D eigenvalue weighted by Gasteiger charge is 2.30. The number of H-pyrrole nitrogens is 1. The average Bonchev–Trinajstić information content (AvgIpc) is 3.15. The zero-order valence-corrected chi connectivity index (χ0v) is 18.1. The number of aromatic amines is 1. The number of methoxy groups -OCH3 is 2. The molecule has 1 saturated heterocycles. The van der Waals surface area contributed by atoms with Crippen molar-refractivity contribution in [1.82, 2.24) is 14.8 Å². The highest BCUT2D eigenvalue weighted by atomic mass is 16.5. The Kier molecular flexibility index (Phi) is 5.95. The van der Waals surface area contributed by atoms with Crippen LogP contribution in [0.5, 0.6) is 11.5 Å². The maximum Gasteiger partial charge on any atom is 0.296 e. The summed E-state index contributed by atoms with van der Waals surface area (Å²) >= 11 is 0. The van der Waals surface area contributed by atoms with Crippen LogP contribution in [0.15, 0.2) is 42.5 Å². The number of nitrogens with one attached hydrogen (secondary N) is 1. The lowest BCUT2D eigenvalue weighted by molar-refractivity contribution is -0.128. The van der Waals surface area contributed by atoms with Crippen LogP contribution in [0.25, 0.3) is 10.9 Å². The van der Waals surface area contributed by atoms with Gasteiger partial charge >= 0.3 is 0 Å². The fourth-order valence-corrected chi connectivity index (χ4v) is 4.14. The van der Waals surface area contributed by atoms with Gasteiger partial charge in [0.15, 0.2) is 0 Å². The summed E-state index contributed by atoms with van der Waals surface area (Å²) in [5, 5.41) is 0.784. The number of hydrogen-bond acceptors (Lipinski definition) is 5. The molecule has 0 aliphatic carbocycles. The standard InChI is InChI=1S/C24H27N3O4/c1-16-21-19(13-18(30-2)14-20(21)31-3)25-22(16)23(28)24(29)27-11-9-26(10-12-27)15-17-7-5-4-6-8-17/h4-8,13-14,25H,9-12,15H2,1-3H3. The van der Waals surface area contributed by atoms with E-state index < -0.39 is 11.7 Å². The minimum absolute atomic E-state index is 0.304. The second-order valence-electron chi connectivity index (χ2n) is 7.76. The molecule has 1 aliphatic heterocycles. The predicted molar refractivity (Wildman–Crippen MR) is 119 cm³/mol. The van der Waals surface area contributed by atoms with Gasteiger partial charge in [-0.1, -0.05) is 30.3 Å². The monoisotopic (exact) mass is 421 g/mol. The van der Waals surface area contributed by atoms with Gasteiger partial charge in [-0.2, -0.15) is 0 Å². The number of aromatic nitrogens is 1. The Hall–Kier alpha value is -3.32. The van der Waals surface area contributed by atoms with Gasteiger partial charge in [0.1, 0.15) is 11.5 Å². The lowest BCUT2D eigenvalue weighted by atomic mass is 10.1. The number of rotatable bonds is 6. The number of fused-ring (bicyclic) bond motifs is 1. The summed E-state index contributed by atoms with van der Waals surface area (Å²) in [7, 11) is 3.14. The van der Waals surface area contributed by atoms with Crippen molar-refractivity contribution in [2.24, 2.45) is 0 Å². The number of amides is 1. The highest BCUT2D eigenvalue weighted by molar-refractivity contribution is 6.43. The number of aryl methyl sites for hydroxylation is 1. The number of nitrogens with zero attached hydrogens (tertiary/aromatic N) is 2. The molecule has 2 aromatic carbocycles. The van der Waals surface area contributed by atoms with Crippen LogP contribution in [-0.4, -0.2) is 66.9 Å². The molecule has 0 radical (unpaired) electrons. The van der Waals surface area contributed by atoms with Gasteiger partial charge in [-0.3, -0.25) is 14.5 Å². The number of ether oxygens (including phenoxy) is 2. The minimum Gasteiger partial charge on any atom is -0.497 e. The molecular formula is C24H27N3O4. The first kappa shape index (κ1) is 20.9. The molecule has 31 heavy (non-hydrogen) atoms. The smallest absolute Gasteiger partial charge is 0.296 e. The van der Waals surface area contributed by atoms with E-state index in [0.717, 1.165) is 25.0 Å². The molecule has 2 heterocycles. The first-order valence-electron chi connectivity index (χ1n) is 10.4. The van der Waals surface area contributed by atoms with Crippen LogP contribution in [0, 0.1) is 6.92 Å². The number of benzene rings is 2. The molecule has 7 heteroatoms. The summed E-state index contributed by atoms with van der Waals surface area (Å²) in [5.74, 6) is 0.223. The van der Waals surface area contributed by atoms with Crippen LogP contribution in [0.4, 0.5) is 0 Å². The lowest BCUT2D eigenvalue weighted by Crippen LogP contribution is -2.50. The van der Waals surface area contributed by atoms with Crippen molar-refractivity contribution >= 4 is 22.6 Å². The maximum atomic E-state index is 13.1. The molecular weight excluding hydrogens is 394 g/mol. The molecule has 0 saturated carbocycles. The van der Waals surface area contributed by atoms with E-state index in [1.165, 1.54) is 5.56 Å². The third-order valence-electron chi connectivity index (χ3n) is 5.87. The summed E-state index contributed by atoms with van der Waals surface area (Å²) in [6.07, 6.45) is 0. The van der Waals surface area contributed by atoms with E-state index in [1.807, 2.05) is 25.1 Å². The maximum absolute atomic E-state index is 13.1. The van der Waals surface area contributed by atoms with E-state index in [9.17, 15) is 9.59 Å². The Bertz CT molecular complexity index is 1100. The summed E-state index contributed by atoms with van der Waals surface area (Å²) in [6.45, 7) is 5.22. The van der Waals surface area contributed by atoms with E-state index in [0.29, 0.717) is 41.4 Å². The van der Waals surface area contributed by atoms with Crippen LogP contribution >= 0.6 is 0 Å². The largest absolute Gasteiger partial charge is 0.497 e. The fourth-order valence-electron chi connectivity index (χ4n) is 4.14. The SMILES string of the molecule is COc1cc(OC)c2c(C)c(C(=O)C(=O)N3CCN(Cc4ccccc4)CC3)[nH]c2c1. The number of carbonyl (C=O) groups is 2. The van der Waals surface area contributed by atoms with Gasteiger partial charge in [-0.25, -0.2) is 0 Å². The van der Waals surface area contributed by atoms with Crippen LogP contribution in [0.1, 0.15) is 21.6 Å². The number of hydrogen-bond donors (Lipinski definition) is 1. The Morgan fingerprint density at radius 3 is 2.35 bits per heavy atom. The Labute approximate surface area is 181 Å². The minimum atomic E-state index is -0.522. The molecule has 0 atom stereocenters. The van der Waals surface area contributed by atoms with Crippen molar-refractivity contribution in [3.8, 4) is 11.5 Å². The summed E-state index contributed by atoms with van der Waals surface area (Å²) in [4.78, 5) is 33.1. The molecule has 0 spiro atoms. The Morgan fingerprint density at radius 1 is 1.00 bits per heavy atom. The van der Waals surface area contributed by atoms with Gasteiger partial charge in [0.25, 0.3) is 11.7 Å². The molecule has 1 fully saturated rings. The predicted octanol–water partition coefficient (Wildman–Crippen LogP) is 3.02. The van der Waals surface area contributed by atoms with Crippen LogP contribution in [0.2, 0.25) is 0 Å². The van der Waals surface area contributed by atoms with Gasteiger partial charge in [-0.05, 0) is 18.1 Å². The molecule has 0 unspecified atom stereocenters. The number of Topliss-reactive ketones (excluding diaryl/α,β-unsaturated/α-hetero) is 1. The van der Waals surface area contributed by atoms with Crippen molar-refractivity contribution in [2.75, 3.05) is 40.4 Å². The quantitative estimate of drug-likeness (QED) is 0.489. The van der Waals surface area contributed by atoms with Crippen LogP contribution in [0.3, 0.4) is 0 Å². The Balaban J connectivity index is 1.48. The summed E-state index contributed by atoms with van der Waals surface area (Å²) in [5.41, 5.74) is 2.96. The molecule has 1 aromatic heterocycles. The van der Waals surface area contributed by atoms with Gasteiger partial charge < -0.3 is 19.4 Å². The van der Waals surface area contributed by atoms with Crippen molar-refractivity contribution in [3.63, 3.8) is 0 Å². The number of carbonyl (C=O) groups excluding carboxylic acids is 2. The second-order valence-corrected chi connectivity index (χ2v) is 7.76. The van der Waals surface area contributed by atoms with E-state index in [-0.39, 0.29) is 0 Å². The first-order valence-corrected chi connectivity index (χ1v) is 10.4. The van der Waals surface area contributed by atoms with E-state index in [4.69, 9.17) is 9.47 Å². The molecule has 3 aromatic rings. The van der Waals surface area contributed by atoms with Crippen molar-refractivity contribution < 1.29 is 19.1 Å². The number of ketones is 1. The molecule has 162 valence electrons. The normalized spacial score (nSPS) is 14.6. The van der Waals surface area contributed by atoms with E-state index >= 15 is 0 Å².